The summed E-state index contributed by atoms with van der Waals surface area (Å²) in [6, 6.07) is 7.60. The topological polar surface area (TPSA) is 32.3 Å². The Kier molecular flexibility index (Phi) is 7.19. The van der Waals surface area contributed by atoms with E-state index in [1.54, 1.807) is 19.0 Å². The highest BCUT2D eigenvalue weighted by molar-refractivity contribution is 6.30. The fraction of sp³-hybridized carbons (Fsp3) is 0.417. The van der Waals surface area contributed by atoms with Crippen molar-refractivity contribution in [1.29, 1.82) is 0 Å². The molecule has 0 bridgehead atoms. The Hall–Kier alpha value is -0.770. The van der Waals surface area contributed by atoms with E-state index >= 15 is 0 Å². The van der Waals surface area contributed by atoms with Gasteiger partial charge in [-0.15, -0.1) is 12.4 Å². The zero-order valence-electron chi connectivity index (χ0n) is 10.2. The molecule has 1 unspecified atom stereocenters. The summed E-state index contributed by atoms with van der Waals surface area (Å²) >= 11 is 5.92. The molecule has 1 aromatic rings. The van der Waals surface area contributed by atoms with E-state index in [9.17, 15) is 4.79 Å². The van der Waals surface area contributed by atoms with Crippen LogP contribution in [0, 0.1) is 0 Å². The molecule has 0 aliphatic heterocycles. The first-order chi connectivity index (χ1) is 7.56. The molecule has 1 rings (SSSR count). The quantitative estimate of drug-likeness (QED) is 0.917. The number of likely N-dealkylation sites (N-methyl/N-ethyl adjacent to an activating group) is 2. The molecule has 1 N–H and O–H groups in total. The maximum Gasteiger partial charge on any atom is 0.236 e. The van der Waals surface area contributed by atoms with Crippen LogP contribution >= 0.6 is 24.0 Å². The van der Waals surface area contributed by atoms with Crippen molar-refractivity contribution in [2.24, 2.45) is 0 Å². The normalized spacial score (nSPS) is 11.5. The summed E-state index contributed by atoms with van der Waals surface area (Å²) in [4.78, 5) is 13.4. The molecule has 0 spiro atoms. The predicted octanol–water partition coefficient (Wildman–Crippen LogP) is 2.50. The molecule has 5 heteroatoms. The molecule has 1 amide bonds. The minimum atomic E-state index is 0. The number of halogens is 2. The molecule has 3 nitrogen and oxygen atoms in total. The second kappa shape index (κ2) is 7.54. The molecule has 0 aliphatic carbocycles. The Labute approximate surface area is 114 Å². The maximum atomic E-state index is 11.7. The largest absolute Gasteiger partial charge is 0.338 e. The summed E-state index contributed by atoms with van der Waals surface area (Å²) in [7, 11) is 3.56. The number of nitrogens with zero attached hydrogens (tertiary/aromatic N) is 1. The van der Waals surface area contributed by atoms with E-state index in [1.165, 1.54) is 0 Å². The van der Waals surface area contributed by atoms with Gasteiger partial charge < -0.3 is 10.2 Å². The molecule has 0 saturated heterocycles. The van der Waals surface area contributed by atoms with Crippen LogP contribution in [0.4, 0.5) is 0 Å². The second-order valence-corrected chi connectivity index (χ2v) is 4.20. The summed E-state index contributed by atoms with van der Waals surface area (Å²) in [5, 5.41) is 3.54. The molecule has 17 heavy (non-hydrogen) atoms. The molecule has 0 fully saturated rings. The number of hydrogen-bond donors (Lipinski definition) is 1. The van der Waals surface area contributed by atoms with Crippen LogP contribution < -0.4 is 5.32 Å². The molecule has 1 aromatic carbocycles. The first-order valence-corrected chi connectivity index (χ1v) is 5.59. The van der Waals surface area contributed by atoms with Gasteiger partial charge in [-0.2, -0.15) is 0 Å². The number of carbonyl (C=O) groups excluding carboxylic acids is 1. The highest BCUT2D eigenvalue weighted by atomic mass is 35.5. The minimum absolute atomic E-state index is 0. The van der Waals surface area contributed by atoms with E-state index in [1.807, 2.05) is 31.2 Å². The number of rotatable bonds is 4. The van der Waals surface area contributed by atoms with Crippen molar-refractivity contribution < 1.29 is 4.79 Å². The highest BCUT2D eigenvalue weighted by Gasteiger charge is 2.16. The Morgan fingerprint density at radius 2 is 2.18 bits per heavy atom. The van der Waals surface area contributed by atoms with Crippen molar-refractivity contribution in [2.45, 2.75) is 13.0 Å². The van der Waals surface area contributed by atoms with Crippen molar-refractivity contribution in [3.63, 3.8) is 0 Å². The minimum Gasteiger partial charge on any atom is -0.338 e. The third-order valence-electron chi connectivity index (χ3n) is 2.63. The number of benzene rings is 1. The van der Waals surface area contributed by atoms with Crippen LogP contribution in [0.25, 0.3) is 0 Å². The summed E-state index contributed by atoms with van der Waals surface area (Å²) in [5.74, 6) is 0.0648. The van der Waals surface area contributed by atoms with Gasteiger partial charge in [0.15, 0.2) is 0 Å². The van der Waals surface area contributed by atoms with E-state index in [4.69, 9.17) is 11.6 Å². The molecule has 0 aromatic heterocycles. The average Bonchev–Trinajstić information content (AvgIpc) is 2.27. The van der Waals surface area contributed by atoms with E-state index in [0.29, 0.717) is 11.6 Å². The maximum absolute atomic E-state index is 11.7. The van der Waals surface area contributed by atoms with Crippen molar-refractivity contribution in [2.75, 3.05) is 20.6 Å². The number of nitrogens with one attached hydrogen (secondary N) is 1. The van der Waals surface area contributed by atoms with Gasteiger partial charge in [0.1, 0.15) is 0 Å². The lowest BCUT2D eigenvalue weighted by Gasteiger charge is -2.25. The van der Waals surface area contributed by atoms with E-state index in [0.717, 1.165) is 5.56 Å². The van der Waals surface area contributed by atoms with Crippen molar-refractivity contribution in [3.8, 4) is 0 Å². The molecule has 0 heterocycles. The SMILES string of the molecule is CNCC(=O)N(C)C(C)c1cccc(Cl)c1.Cl. The van der Waals surface area contributed by atoms with Gasteiger partial charge in [0.05, 0.1) is 12.6 Å². The van der Waals surface area contributed by atoms with Crippen molar-refractivity contribution in [1.82, 2.24) is 10.2 Å². The van der Waals surface area contributed by atoms with E-state index in [-0.39, 0.29) is 24.4 Å². The van der Waals surface area contributed by atoms with Crippen LogP contribution in [-0.2, 0) is 4.79 Å². The lowest BCUT2D eigenvalue weighted by molar-refractivity contribution is -0.130. The Balaban J connectivity index is 0.00000256. The zero-order valence-corrected chi connectivity index (χ0v) is 11.8. The van der Waals surface area contributed by atoms with Crippen molar-refractivity contribution >= 4 is 29.9 Å². The Morgan fingerprint density at radius 3 is 2.71 bits per heavy atom. The van der Waals surface area contributed by atoms with Gasteiger partial charge in [-0.3, -0.25) is 4.79 Å². The van der Waals surface area contributed by atoms with Gasteiger partial charge in [-0.25, -0.2) is 0 Å². The van der Waals surface area contributed by atoms with Crippen molar-refractivity contribution in [3.05, 3.63) is 34.9 Å². The van der Waals surface area contributed by atoms with Gasteiger partial charge >= 0.3 is 0 Å². The lowest BCUT2D eigenvalue weighted by Crippen LogP contribution is -2.35. The standard InChI is InChI=1S/C12H17ClN2O.ClH/c1-9(15(3)12(16)8-14-2)10-5-4-6-11(13)7-10;/h4-7,9,14H,8H2,1-3H3;1H. The van der Waals surface area contributed by atoms with Gasteiger partial charge in [0.25, 0.3) is 0 Å². The molecular formula is C12H18Cl2N2O. The molecule has 1 atom stereocenters. The van der Waals surface area contributed by atoms with Gasteiger partial charge in [0.2, 0.25) is 5.91 Å². The highest BCUT2D eigenvalue weighted by Crippen LogP contribution is 2.21. The van der Waals surface area contributed by atoms with E-state index < -0.39 is 0 Å². The second-order valence-electron chi connectivity index (χ2n) is 3.77. The first kappa shape index (κ1) is 16.2. The molecule has 0 aliphatic rings. The van der Waals surface area contributed by atoms with Crippen LogP contribution in [0.5, 0.6) is 0 Å². The number of amides is 1. The summed E-state index contributed by atoms with van der Waals surface area (Å²) in [6.07, 6.45) is 0. The predicted molar refractivity (Wildman–Crippen MR) is 73.8 cm³/mol. The fourth-order valence-corrected chi connectivity index (χ4v) is 1.68. The summed E-state index contributed by atoms with van der Waals surface area (Å²) < 4.78 is 0. The average molecular weight is 277 g/mol. The van der Waals surface area contributed by atoms with Gasteiger partial charge in [-0.1, -0.05) is 23.7 Å². The fourth-order valence-electron chi connectivity index (χ4n) is 1.48. The summed E-state index contributed by atoms with van der Waals surface area (Å²) in [6.45, 7) is 2.33. The molecule has 0 radical (unpaired) electrons. The Bertz CT molecular complexity index is 371. The monoisotopic (exact) mass is 276 g/mol. The van der Waals surface area contributed by atoms with Gasteiger partial charge in [-0.05, 0) is 31.7 Å². The Morgan fingerprint density at radius 1 is 1.53 bits per heavy atom. The zero-order chi connectivity index (χ0) is 12.1. The lowest BCUT2D eigenvalue weighted by atomic mass is 10.1. The van der Waals surface area contributed by atoms with Crippen LogP contribution in [0.1, 0.15) is 18.5 Å². The van der Waals surface area contributed by atoms with E-state index in [2.05, 4.69) is 5.32 Å². The van der Waals surface area contributed by atoms with Gasteiger partial charge in [0, 0.05) is 12.1 Å². The number of carbonyl (C=O) groups is 1. The van der Waals surface area contributed by atoms with Crippen LogP contribution in [0.15, 0.2) is 24.3 Å². The first-order valence-electron chi connectivity index (χ1n) is 5.22. The molecule has 96 valence electrons. The molecule has 0 saturated carbocycles. The number of hydrogen-bond acceptors (Lipinski definition) is 2. The van der Waals surface area contributed by atoms with Crippen LogP contribution in [0.3, 0.4) is 0 Å². The summed E-state index contributed by atoms with van der Waals surface area (Å²) in [5.41, 5.74) is 1.04. The smallest absolute Gasteiger partial charge is 0.236 e. The van der Waals surface area contributed by atoms with Crippen LogP contribution in [0.2, 0.25) is 5.02 Å². The third kappa shape index (κ3) is 4.54. The third-order valence-corrected chi connectivity index (χ3v) is 2.87. The van der Waals surface area contributed by atoms with Crippen LogP contribution in [-0.4, -0.2) is 31.4 Å². The molecular weight excluding hydrogens is 259 g/mol.